The maximum absolute atomic E-state index is 12.7. The monoisotopic (exact) mass is 386 g/mol. The van der Waals surface area contributed by atoms with Gasteiger partial charge in [-0.3, -0.25) is 9.69 Å². The van der Waals surface area contributed by atoms with E-state index in [1.165, 1.54) is 28.8 Å². The van der Waals surface area contributed by atoms with Gasteiger partial charge in [-0.25, -0.2) is 0 Å². The molecule has 0 unspecified atom stereocenters. The van der Waals surface area contributed by atoms with Crippen molar-refractivity contribution in [1.29, 1.82) is 0 Å². The average molecular weight is 386 g/mol. The standard InChI is InChI=1S/C18H13NO3S3/c1-24-14-7-5-11(6-8-14)9-15-16(20)19(18(23)25-15)13-4-2-3-12(10-13)17(21)22/h2-10H,1H3,(H,21,22)/p-1/b15-9+. The fraction of sp³-hybridized carbons (Fsp3) is 0.0556. The molecule has 126 valence electrons. The van der Waals surface area contributed by atoms with Crippen molar-refractivity contribution in [3.8, 4) is 0 Å². The highest BCUT2D eigenvalue weighted by Crippen LogP contribution is 2.36. The van der Waals surface area contributed by atoms with E-state index in [-0.39, 0.29) is 11.5 Å². The minimum atomic E-state index is -1.29. The normalized spacial score (nSPS) is 15.9. The fourth-order valence-corrected chi connectivity index (χ4v) is 4.02. The molecule has 0 radical (unpaired) electrons. The maximum Gasteiger partial charge on any atom is 0.270 e. The molecule has 1 heterocycles. The molecule has 0 spiro atoms. The zero-order chi connectivity index (χ0) is 18.0. The molecule has 1 amide bonds. The molecule has 0 aromatic heterocycles. The molecule has 1 fully saturated rings. The number of carboxylic acids is 1. The molecular weight excluding hydrogens is 374 g/mol. The van der Waals surface area contributed by atoms with Crippen molar-refractivity contribution in [2.45, 2.75) is 4.90 Å². The van der Waals surface area contributed by atoms with E-state index in [4.69, 9.17) is 12.2 Å². The van der Waals surface area contributed by atoms with Crippen molar-refractivity contribution in [3.05, 3.63) is 64.6 Å². The van der Waals surface area contributed by atoms with E-state index in [9.17, 15) is 14.7 Å². The maximum atomic E-state index is 12.7. The highest BCUT2D eigenvalue weighted by molar-refractivity contribution is 8.27. The number of anilines is 1. The summed E-state index contributed by atoms with van der Waals surface area (Å²) in [5, 5.41) is 11.0. The van der Waals surface area contributed by atoms with Gasteiger partial charge in [0.05, 0.1) is 16.6 Å². The van der Waals surface area contributed by atoms with Crippen LogP contribution in [0.5, 0.6) is 0 Å². The smallest absolute Gasteiger partial charge is 0.270 e. The molecule has 0 bridgehead atoms. The lowest BCUT2D eigenvalue weighted by Crippen LogP contribution is -2.28. The lowest BCUT2D eigenvalue weighted by molar-refractivity contribution is -0.255. The predicted octanol–water partition coefficient (Wildman–Crippen LogP) is 3.18. The summed E-state index contributed by atoms with van der Waals surface area (Å²) in [5.41, 5.74) is 1.33. The van der Waals surface area contributed by atoms with Gasteiger partial charge in [-0.05, 0) is 47.7 Å². The molecule has 0 atom stereocenters. The van der Waals surface area contributed by atoms with E-state index >= 15 is 0 Å². The lowest BCUT2D eigenvalue weighted by atomic mass is 10.2. The first kappa shape index (κ1) is 17.7. The Bertz CT molecular complexity index is 891. The van der Waals surface area contributed by atoms with E-state index in [1.807, 2.05) is 30.5 Å². The first-order valence-corrected chi connectivity index (χ1v) is 9.68. The van der Waals surface area contributed by atoms with Crippen LogP contribution in [0.4, 0.5) is 5.69 Å². The van der Waals surface area contributed by atoms with Crippen LogP contribution in [0, 0.1) is 0 Å². The van der Waals surface area contributed by atoms with Crippen molar-refractivity contribution >= 4 is 63.7 Å². The number of aromatic carboxylic acids is 1. The van der Waals surface area contributed by atoms with Gasteiger partial charge < -0.3 is 9.90 Å². The minimum absolute atomic E-state index is 0.00295. The number of nitrogens with zero attached hydrogens (tertiary/aromatic N) is 1. The van der Waals surface area contributed by atoms with Gasteiger partial charge in [0, 0.05) is 4.90 Å². The molecule has 1 aliphatic heterocycles. The van der Waals surface area contributed by atoms with Gasteiger partial charge in [-0.2, -0.15) is 0 Å². The van der Waals surface area contributed by atoms with Crippen LogP contribution in [0.15, 0.2) is 58.3 Å². The van der Waals surface area contributed by atoms with Crippen LogP contribution in [0.3, 0.4) is 0 Å². The van der Waals surface area contributed by atoms with E-state index in [0.717, 1.165) is 10.5 Å². The molecule has 2 aromatic carbocycles. The number of carbonyl (C=O) groups is 2. The number of hydrogen-bond acceptors (Lipinski definition) is 6. The van der Waals surface area contributed by atoms with Gasteiger partial charge in [-0.1, -0.05) is 48.2 Å². The van der Waals surface area contributed by atoms with Gasteiger partial charge in [0.25, 0.3) is 5.91 Å². The number of thioether (sulfide) groups is 2. The Morgan fingerprint density at radius 2 is 1.96 bits per heavy atom. The SMILES string of the molecule is CSc1ccc(/C=C2/SC(=S)N(c3cccc(C(=O)[O-])c3)C2=O)cc1. The number of benzene rings is 2. The van der Waals surface area contributed by atoms with Crippen molar-refractivity contribution in [2.75, 3.05) is 11.2 Å². The third-order valence-electron chi connectivity index (χ3n) is 3.55. The number of hydrogen-bond donors (Lipinski definition) is 0. The van der Waals surface area contributed by atoms with E-state index in [2.05, 4.69) is 0 Å². The number of carboxylic acid groups (broad SMARTS) is 1. The molecule has 2 aromatic rings. The summed E-state index contributed by atoms with van der Waals surface area (Å²) in [7, 11) is 0. The Morgan fingerprint density at radius 1 is 1.24 bits per heavy atom. The van der Waals surface area contributed by atoms with Crippen molar-refractivity contribution in [3.63, 3.8) is 0 Å². The van der Waals surface area contributed by atoms with Gasteiger partial charge in [0.15, 0.2) is 4.32 Å². The van der Waals surface area contributed by atoms with E-state index in [0.29, 0.717) is 14.9 Å². The largest absolute Gasteiger partial charge is 0.545 e. The summed E-state index contributed by atoms with van der Waals surface area (Å²) < 4.78 is 0.368. The third-order valence-corrected chi connectivity index (χ3v) is 5.59. The number of carbonyl (C=O) groups excluding carboxylic acids is 2. The van der Waals surface area contributed by atoms with Crippen molar-refractivity contribution in [2.24, 2.45) is 0 Å². The van der Waals surface area contributed by atoms with Crippen molar-refractivity contribution < 1.29 is 14.7 Å². The van der Waals surface area contributed by atoms with Gasteiger partial charge >= 0.3 is 0 Å². The summed E-state index contributed by atoms with van der Waals surface area (Å²) in [5.74, 6) is -1.56. The average Bonchev–Trinajstić information content (AvgIpc) is 2.89. The number of rotatable bonds is 4. The quantitative estimate of drug-likeness (QED) is 0.457. The third kappa shape index (κ3) is 3.78. The highest BCUT2D eigenvalue weighted by atomic mass is 32.2. The Hall–Kier alpha value is -2.09. The number of amides is 1. The van der Waals surface area contributed by atoms with Crippen LogP contribution in [0.1, 0.15) is 15.9 Å². The minimum Gasteiger partial charge on any atom is -0.545 e. The zero-order valence-corrected chi connectivity index (χ0v) is 15.5. The summed E-state index contributed by atoms with van der Waals surface area (Å²) in [4.78, 5) is 26.7. The molecule has 4 nitrogen and oxygen atoms in total. The van der Waals surface area contributed by atoms with Crippen LogP contribution >= 0.6 is 35.7 Å². The molecule has 1 saturated heterocycles. The summed E-state index contributed by atoms with van der Waals surface area (Å²) in [6.45, 7) is 0. The molecule has 0 N–H and O–H groups in total. The first-order valence-electron chi connectivity index (χ1n) is 7.23. The Morgan fingerprint density at radius 3 is 2.60 bits per heavy atom. The highest BCUT2D eigenvalue weighted by Gasteiger charge is 2.33. The van der Waals surface area contributed by atoms with Crippen LogP contribution < -0.4 is 10.0 Å². The zero-order valence-electron chi connectivity index (χ0n) is 13.1. The van der Waals surface area contributed by atoms with Crippen LogP contribution in [0.25, 0.3) is 6.08 Å². The summed E-state index contributed by atoms with van der Waals surface area (Å²) in [6.07, 6.45) is 3.78. The molecule has 25 heavy (non-hydrogen) atoms. The fourth-order valence-electron chi connectivity index (χ4n) is 2.31. The van der Waals surface area contributed by atoms with Gasteiger partial charge in [0.1, 0.15) is 0 Å². The predicted molar refractivity (Wildman–Crippen MR) is 105 cm³/mol. The van der Waals surface area contributed by atoms with Gasteiger partial charge in [0.2, 0.25) is 0 Å². The van der Waals surface area contributed by atoms with E-state index < -0.39 is 5.97 Å². The van der Waals surface area contributed by atoms with Crippen LogP contribution in [-0.2, 0) is 4.79 Å². The second-order valence-electron chi connectivity index (χ2n) is 5.13. The van der Waals surface area contributed by atoms with Crippen LogP contribution in [-0.4, -0.2) is 22.5 Å². The summed E-state index contributed by atoms with van der Waals surface area (Å²) in [6, 6.07) is 13.9. The molecule has 0 aliphatic carbocycles. The summed E-state index contributed by atoms with van der Waals surface area (Å²) >= 11 is 8.15. The van der Waals surface area contributed by atoms with E-state index in [1.54, 1.807) is 30.0 Å². The molecule has 1 aliphatic rings. The van der Waals surface area contributed by atoms with Gasteiger partial charge in [-0.15, -0.1) is 11.8 Å². The van der Waals surface area contributed by atoms with Crippen molar-refractivity contribution in [1.82, 2.24) is 0 Å². The molecule has 3 rings (SSSR count). The first-order chi connectivity index (χ1) is 12.0. The Labute approximate surface area is 158 Å². The molecular formula is C18H12NO3S3-. The molecule has 7 heteroatoms. The second-order valence-corrected chi connectivity index (χ2v) is 7.68. The Kier molecular flexibility index (Phi) is 5.27. The number of thiocarbonyl (C=S) groups is 1. The molecule has 0 saturated carbocycles. The topological polar surface area (TPSA) is 60.4 Å². The lowest BCUT2D eigenvalue weighted by Gasteiger charge is -2.15. The van der Waals surface area contributed by atoms with Crippen LogP contribution in [0.2, 0.25) is 0 Å². The second kappa shape index (κ2) is 7.43. The Balaban J connectivity index is 1.90.